The molecule has 1 amide bonds. The van der Waals surface area contributed by atoms with Crippen molar-refractivity contribution in [2.24, 2.45) is 7.05 Å². The minimum absolute atomic E-state index is 0.0155. The van der Waals surface area contributed by atoms with Crippen LogP contribution in [0.25, 0.3) is 10.9 Å². The lowest BCUT2D eigenvalue weighted by Crippen LogP contribution is -2.53. The van der Waals surface area contributed by atoms with E-state index in [2.05, 4.69) is 26.0 Å². The SMILES string of the molecule is COc1nn(C)c2c(F)cc(Nc3nc(N[C@@H]4CCOC[C@@H]4NC(=O)OC(C)(C)C)c(F)cc3C#N)cc12. The second kappa shape index (κ2) is 10.7. The van der Waals surface area contributed by atoms with Crippen molar-refractivity contribution >= 4 is 34.3 Å². The molecule has 202 valence electrons. The lowest BCUT2D eigenvalue weighted by molar-refractivity contribution is 0.0317. The predicted octanol–water partition coefficient (Wildman–Crippen LogP) is 3.96. The maximum Gasteiger partial charge on any atom is 0.408 e. The molecule has 1 aromatic carbocycles. The molecule has 2 aromatic heterocycles. The normalized spacial score (nSPS) is 17.5. The molecule has 1 aliphatic rings. The quantitative estimate of drug-likeness (QED) is 0.433. The van der Waals surface area contributed by atoms with E-state index in [1.54, 1.807) is 33.9 Å². The van der Waals surface area contributed by atoms with Crippen LogP contribution in [0.15, 0.2) is 18.2 Å². The van der Waals surface area contributed by atoms with E-state index < -0.39 is 35.4 Å². The molecule has 38 heavy (non-hydrogen) atoms. The number of methoxy groups -OCH3 is 1. The van der Waals surface area contributed by atoms with Crippen molar-refractivity contribution < 1.29 is 27.8 Å². The predicted molar refractivity (Wildman–Crippen MR) is 135 cm³/mol. The number of carbonyl (C=O) groups excluding carboxylic acids is 1. The van der Waals surface area contributed by atoms with Gasteiger partial charge < -0.3 is 30.2 Å². The van der Waals surface area contributed by atoms with Crippen LogP contribution in [0, 0.1) is 23.0 Å². The van der Waals surface area contributed by atoms with Crippen LogP contribution in [0.5, 0.6) is 5.88 Å². The number of nitrogens with zero attached hydrogens (tertiary/aromatic N) is 4. The third-order valence-electron chi connectivity index (χ3n) is 5.79. The van der Waals surface area contributed by atoms with Crippen molar-refractivity contribution in [1.82, 2.24) is 20.1 Å². The first kappa shape index (κ1) is 26.9. The van der Waals surface area contributed by atoms with E-state index >= 15 is 0 Å². The van der Waals surface area contributed by atoms with Crippen LogP contribution in [0.2, 0.25) is 0 Å². The topological polar surface area (TPSA) is 135 Å². The van der Waals surface area contributed by atoms with Crippen LogP contribution >= 0.6 is 0 Å². The van der Waals surface area contributed by atoms with Crippen molar-refractivity contribution in [2.45, 2.75) is 44.9 Å². The number of carbonyl (C=O) groups is 1. The Morgan fingerprint density at radius 2 is 1.97 bits per heavy atom. The van der Waals surface area contributed by atoms with Gasteiger partial charge in [0.05, 0.1) is 36.8 Å². The Kier molecular flexibility index (Phi) is 7.54. The number of pyridine rings is 1. The van der Waals surface area contributed by atoms with E-state index in [9.17, 15) is 18.8 Å². The van der Waals surface area contributed by atoms with Gasteiger partial charge in [-0.2, -0.15) is 5.26 Å². The first-order valence-electron chi connectivity index (χ1n) is 11.9. The minimum atomic E-state index is -0.759. The third-order valence-corrected chi connectivity index (χ3v) is 5.79. The van der Waals surface area contributed by atoms with Gasteiger partial charge in [0.25, 0.3) is 0 Å². The van der Waals surface area contributed by atoms with Gasteiger partial charge in [0.2, 0.25) is 5.88 Å². The van der Waals surface area contributed by atoms with Gasteiger partial charge in [-0.3, -0.25) is 4.68 Å². The maximum atomic E-state index is 15.0. The number of hydrogen-bond acceptors (Lipinski definition) is 9. The van der Waals surface area contributed by atoms with Crippen molar-refractivity contribution in [3.63, 3.8) is 0 Å². The zero-order valence-corrected chi connectivity index (χ0v) is 21.7. The summed E-state index contributed by atoms with van der Waals surface area (Å²) in [7, 11) is 3.02. The second-order valence-corrected chi connectivity index (χ2v) is 9.81. The molecule has 1 aliphatic heterocycles. The van der Waals surface area contributed by atoms with Gasteiger partial charge in [0.15, 0.2) is 23.3 Å². The Morgan fingerprint density at radius 3 is 2.66 bits per heavy atom. The zero-order chi connectivity index (χ0) is 27.6. The number of rotatable bonds is 6. The summed E-state index contributed by atoms with van der Waals surface area (Å²) in [5.74, 6) is -1.23. The Balaban J connectivity index is 1.61. The Bertz CT molecular complexity index is 1400. The first-order valence-corrected chi connectivity index (χ1v) is 11.9. The van der Waals surface area contributed by atoms with Crippen LogP contribution in [0.3, 0.4) is 0 Å². The Morgan fingerprint density at radius 1 is 1.21 bits per heavy atom. The van der Waals surface area contributed by atoms with Gasteiger partial charge in [-0.15, -0.1) is 5.10 Å². The van der Waals surface area contributed by atoms with Crippen molar-refractivity contribution in [2.75, 3.05) is 31.0 Å². The maximum absolute atomic E-state index is 15.0. The number of ether oxygens (including phenoxy) is 3. The number of nitrogens with one attached hydrogen (secondary N) is 3. The molecule has 0 radical (unpaired) electrons. The standard InChI is InChI=1S/C25H29F2N7O4/c1-25(2,3)38-24(35)31-19-12-37-7-6-18(19)30-22-17(27)8-13(11-28)21(32-22)29-14-9-15-20(16(26)10-14)34(4)33-23(15)36-5/h8-10,18-19H,6-7,12H2,1-5H3,(H,31,35)(H2,29,30,32)/t18-,19+/m1/s1. The highest BCUT2D eigenvalue weighted by molar-refractivity contribution is 5.89. The van der Waals surface area contributed by atoms with Crippen molar-refractivity contribution in [3.05, 3.63) is 35.4 Å². The summed E-state index contributed by atoms with van der Waals surface area (Å²) < 4.78 is 47.2. The molecule has 2 atom stereocenters. The van der Waals surface area contributed by atoms with Crippen LogP contribution in [-0.2, 0) is 16.5 Å². The zero-order valence-electron chi connectivity index (χ0n) is 21.7. The van der Waals surface area contributed by atoms with Gasteiger partial charge in [-0.05, 0) is 45.4 Å². The summed E-state index contributed by atoms with van der Waals surface area (Å²) in [6.45, 7) is 5.82. The first-order chi connectivity index (χ1) is 18.0. The molecular weight excluding hydrogens is 500 g/mol. The van der Waals surface area contributed by atoms with Crippen molar-refractivity contribution in [1.29, 1.82) is 5.26 Å². The summed E-state index contributed by atoms with van der Waals surface area (Å²) in [5, 5.41) is 22.8. The van der Waals surface area contributed by atoms with Gasteiger partial charge in [0.1, 0.15) is 17.2 Å². The van der Waals surface area contributed by atoms with E-state index in [0.717, 1.165) is 6.07 Å². The fourth-order valence-electron chi connectivity index (χ4n) is 4.15. The minimum Gasteiger partial charge on any atom is -0.479 e. The lowest BCUT2D eigenvalue weighted by Gasteiger charge is -2.33. The molecule has 0 unspecified atom stereocenters. The molecule has 3 aromatic rings. The van der Waals surface area contributed by atoms with Gasteiger partial charge >= 0.3 is 6.09 Å². The fourth-order valence-corrected chi connectivity index (χ4v) is 4.15. The molecule has 1 fully saturated rings. The molecule has 3 heterocycles. The number of hydrogen-bond donors (Lipinski definition) is 3. The summed E-state index contributed by atoms with van der Waals surface area (Å²) in [6.07, 6.45) is -0.175. The van der Waals surface area contributed by atoms with E-state index in [4.69, 9.17) is 14.2 Å². The number of anilines is 3. The number of alkyl carbamates (subject to hydrolysis) is 1. The Labute approximate surface area is 218 Å². The van der Waals surface area contributed by atoms with E-state index in [1.807, 2.05) is 6.07 Å². The monoisotopic (exact) mass is 529 g/mol. The molecular formula is C25H29F2N7O4. The number of aromatic nitrogens is 3. The highest BCUT2D eigenvalue weighted by Gasteiger charge is 2.30. The molecule has 0 spiro atoms. The molecule has 0 saturated carbocycles. The number of nitriles is 1. The average Bonchev–Trinajstić information content (AvgIpc) is 3.16. The molecule has 1 saturated heterocycles. The van der Waals surface area contributed by atoms with Crippen LogP contribution in [0.4, 0.5) is 30.9 Å². The molecule has 0 aliphatic carbocycles. The Hall–Kier alpha value is -4.18. The fraction of sp³-hybridized carbons (Fsp3) is 0.440. The molecule has 3 N–H and O–H groups in total. The number of amides is 1. The number of benzene rings is 1. The molecule has 13 heteroatoms. The van der Waals surface area contributed by atoms with E-state index in [0.29, 0.717) is 18.4 Å². The van der Waals surface area contributed by atoms with Crippen LogP contribution in [0.1, 0.15) is 32.8 Å². The second-order valence-electron chi connectivity index (χ2n) is 9.81. The highest BCUT2D eigenvalue weighted by atomic mass is 19.1. The number of aryl methyl sites for hydroxylation is 1. The van der Waals surface area contributed by atoms with Crippen LogP contribution in [-0.4, -0.2) is 58.9 Å². The summed E-state index contributed by atoms with van der Waals surface area (Å²) >= 11 is 0. The highest BCUT2D eigenvalue weighted by Crippen LogP contribution is 2.32. The molecule has 4 rings (SSSR count). The number of halogens is 2. The third kappa shape index (κ3) is 5.86. The molecule has 11 nitrogen and oxygen atoms in total. The van der Waals surface area contributed by atoms with Crippen molar-refractivity contribution in [3.8, 4) is 11.9 Å². The summed E-state index contributed by atoms with van der Waals surface area (Å²) in [6, 6.07) is 4.80. The largest absolute Gasteiger partial charge is 0.479 e. The van der Waals surface area contributed by atoms with E-state index in [1.165, 1.54) is 17.9 Å². The number of fused-ring (bicyclic) bond motifs is 1. The van der Waals surface area contributed by atoms with Gasteiger partial charge in [0, 0.05) is 19.3 Å². The van der Waals surface area contributed by atoms with E-state index in [-0.39, 0.29) is 40.9 Å². The van der Waals surface area contributed by atoms with Gasteiger partial charge in [-0.25, -0.2) is 18.6 Å². The van der Waals surface area contributed by atoms with Gasteiger partial charge in [-0.1, -0.05) is 0 Å². The van der Waals surface area contributed by atoms with Crippen LogP contribution < -0.4 is 20.7 Å². The average molecular weight is 530 g/mol. The summed E-state index contributed by atoms with van der Waals surface area (Å²) in [4.78, 5) is 16.6. The molecule has 0 bridgehead atoms. The smallest absolute Gasteiger partial charge is 0.408 e. The summed E-state index contributed by atoms with van der Waals surface area (Å²) in [5.41, 5.74) is -0.266. The lowest BCUT2D eigenvalue weighted by atomic mass is 10.0.